The molecule has 0 fully saturated rings. The van der Waals surface area contributed by atoms with E-state index in [0.29, 0.717) is 24.1 Å². The van der Waals surface area contributed by atoms with Gasteiger partial charge in [0.05, 0.1) is 24.8 Å². The lowest BCUT2D eigenvalue weighted by Crippen LogP contribution is -2.30. The number of aromatic nitrogens is 4. The molecule has 120 valence electrons. The van der Waals surface area contributed by atoms with Crippen molar-refractivity contribution < 1.29 is 9.53 Å². The molecule has 0 spiro atoms. The summed E-state index contributed by atoms with van der Waals surface area (Å²) in [5, 5.41) is 11.3. The quantitative estimate of drug-likeness (QED) is 0.776. The smallest absolute Gasteiger partial charge is 0.225 e. The summed E-state index contributed by atoms with van der Waals surface area (Å²) in [6.45, 7) is 4.92. The first kappa shape index (κ1) is 16.4. The number of thiazole rings is 1. The van der Waals surface area contributed by atoms with Crippen LogP contribution in [0.4, 0.5) is 5.13 Å². The maximum atomic E-state index is 12.1. The summed E-state index contributed by atoms with van der Waals surface area (Å²) in [5.41, 5.74) is 6.44. The summed E-state index contributed by atoms with van der Waals surface area (Å²) in [5.74, 6) is 0.603. The Morgan fingerprint density at radius 2 is 2.36 bits per heavy atom. The first-order valence-corrected chi connectivity index (χ1v) is 7.70. The molecule has 0 aliphatic carbocycles. The van der Waals surface area contributed by atoms with Crippen LogP contribution in [0.15, 0.2) is 6.33 Å². The number of methoxy groups -OCH3 is 1. The van der Waals surface area contributed by atoms with E-state index in [2.05, 4.69) is 20.5 Å². The van der Waals surface area contributed by atoms with Crippen molar-refractivity contribution in [1.29, 1.82) is 0 Å². The number of carbonyl (C=O) groups is 1. The Balaban J connectivity index is 1.96. The molecule has 22 heavy (non-hydrogen) atoms. The molecule has 0 saturated carbocycles. The highest BCUT2D eigenvalue weighted by atomic mass is 32.1. The lowest BCUT2D eigenvalue weighted by Gasteiger charge is -2.14. The van der Waals surface area contributed by atoms with Gasteiger partial charge in [0.1, 0.15) is 6.33 Å². The van der Waals surface area contributed by atoms with E-state index in [4.69, 9.17) is 10.5 Å². The monoisotopic (exact) mass is 324 g/mol. The van der Waals surface area contributed by atoms with Crippen molar-refractivity contribution in [3.05, 3.63) is 22.7 Å². The zero-order valence-electron chi connectivity index (χ0n) is 12.9. The zero-order valence-corrected chi connectivity index (χ0v) is 13.7. The highest BCUT2D eigenvalue weighted by Crippen LogP contribution is 2.20. The number of anilines is 1. The number of ether oxygens (including phenoxy) is 1. The average molecular weight is 324 g/mol. The number of nitrogens with one attached hydrogen (secondary N) is 1. The number of rotatable bonds is 7. The Morgan fingerprint density at radius 3 is 3.00 bits per heavy atom. The molecule has 2 rings (SSSR count). The van der Waals surface area contributed by atoms with Gasteiger partial charge in [0, 0.05) is 18.5 Å². The lowest BCUT2D eigenvalue weighted by atomic mass is 10.2. The molecule has 0 radical (unpaired) electrons. The molecule has 2 aromatic rings. The fourth-order valence-electron chi connectivity index (χ4n) is 2.08. The summed E-state index contributed by atoms with van der Waals surface area (Å²) in [6, 6.07) is -0.238. The molecule has 0 aliphatic heterocycles. The van der Waals surface area contributed by atoms with Crippen LogP contribution in [0.5, 0.6) is 0 Å². The first-order chi connectivity index (χ1) is 10.5. The SMILES string of the molecule is COCCn1cnnc1C(C)NC(=O)Cc1sc(N)nc1C. The number of nitrogens with two attached hydrogens (primary N) is 1. The van der Waals surface area contributed by atoms with E-state index in [1.165, 1.54) is 11.3 Å². The Hall–Kier alpha value is -2.00. The molecule has 8 nitrogen and oxygen atoms in total. The largest absolute Gasteiger partial charge is 0.383 e. The molecular formula is C13H20N6O2S. The van der Waals surface area contributed by atoms with Gasteiger partial charge in [0.2, 0.25) is 5.91 Å². The average Bonchev–Trinajstić information content (AvgIpc) is 3.03. The Morgan fingerprint density at radius 1 is 1.59 bits per heavy atom. The number of hydrogen-bond donors (Lipinski definition) is 2. The minimum Gasteiger partial charge on any atom is -0.383 e. The number of amides is 1. The molecule has 1 atom stereocenters. The third-order valence-electron chi connectivity index (χ3n) is 3.18. The minimum atomic E-state index is -0.238. The van der Waals surface area contributed by atoms with Crippen LogP contribution in [-0.2, 0) is 22.5 Å². The highest BCUT2D eigenvalue weighted by molar-refractivity contribution is 7.15. The van der Waals surface area contributed by atoms with E-state index in [-0.39, 0.29) is 18.4 Å². The summed E-state index contributed by atoms with van der Waals surface area (Å²) < 4.78 is 6.91. The molecule has 0 bridgehead atoms. The van der Waals surface area contributed by atoms with Gasteiger partial charge >= 0.3 is 0 Å². The highest BCUT2D eigenvalue weighted by Gasteiger charge is 2.17. The first-order valence-electron chi connectivity index (χ1n) is 6.89. The molecule has 2 heterocycles. The van der Waals surface area contributed by atoms with Crippen LogP contribution in [0.25, 0.3) is 0 Å². The van der Waals surface area contributed by atoms with Crippen molar-refractivity contribution in [2.75, 3.05) is 19.5 Å². The summed E-state index contributed by atoms with van der Waals surface area (Å²) in [6.07, 6.45) is 1.89. The maximum absolute atomic E-state index is 12.1. The Kier molecular flexibility index (Phi) is 5.45. The van der Waals surface area contributed by atoms with Gasteiger partial charge in [-0.25, -0.2) is 4.98 Å². The molecule has 0 aromatic carbocycles. The van der Waals surface area contributed by atoms with Gasteiger partial charge in [-0.05, 0) is 13.8 Å². The molecule has 1 unspecified atom stereocenters. The molecule has 9 heteroatoms. The van der Waals surface area contributed by atoms with E-state index in [1.807, 2.05) is 18.4 Å². The van der Waals surface area contributed by atoms with Crippen LogP contribution in [0.2, 0.25) is 0 Å². The van der Waals surface area contributed by atoms with Gasteiger partial charge in [-0.1, -0.05) is 0 Å². The number of hydrogen-bond acceptors (Lipinski definition) is 7. The molecule has 2 aromatic heterocycles. The standard InChI is InChI=1S/C13H20N6O2S/c1-8-10(22-13(14)17-8)6-11(20)16-9(2)12-18-15-7-19(12)4-5-21-3/h7,9H,4-6H2,1-3H3,(H2,14,17)(H,16,20). The third kappa shape index (κ3) is 4.01. The maximum Gasteiger partial charge on any atom is 0.225 e. The fourth-order valence-corrected chi connectivity index (χ4v) is 2.91. The van der Waals surface area contributed by atoms with Crippen molar-refractivity contribution in [3.8, 4) is 0 Å². The number of nitrogen functional groups attached to an aromatic ring is 1. The predicted octanol–water partition coefficient (Wildman–Crippen LogP) is 0.692. The minimum absolute atomic E-state index is 0.0967. The zero-order chi connectivity index (χ0) is 16.1. The fraction of sp³-hybridized carbons (Fsp3) is 0.538. The van der Waals surface area contributed by atoms with Gasteiger partial charge in [-0.3, -0.25) is 4.79 Å². The van der Waals surface area contributed by atoms with Gasteiger partial charge in [0.25, 0.3) is 0 Å². The van der Waals surface area contributed by atoms with E-state index in [1.54, 1.807) is 13.4 Å². The van der Waals surface area contributed by atoms with Crippen LogP contribution in [-0.4, -0.2) is 39.4 Å². The predicted molar refractivity (Wildman–Crippen MR) is 83.4 cm³/mol. The van der Waals surface area contributed by atoms with E-state index in [0.717, 1.165) is 10.6 Å². The lowest BCUT2D eigenvalue weighted by molar-refractivity contribution is -0.121. The van der Waals surface area contributed by atoms with E-state index >= 15 is 0 Å². The second-order valence-corrected chi connectivity index (χ2v) is 6.02. The van der Waals surface area contributed by atoms with Crippen molar-refractivity contribution >= 4 is 22.4 Å². The summed E-state index contributed by atoms with van der Waals surface area (Å²) in [4.78, 5) is 17.1. The number of aryl methyl sites for hydroxylation is 1. The third-order valence-corrected chi connectivity index (χ3v) is 4.16. The molecule has 0 saturated heterocycles. The second kappa shape index (κ2) is 7.32. The van der Waals surface area contributed by atoms with Gasteiger partial charge < -0.3 is 20.4 Å². The van der Waals surface area contributed by atoms with Gasteiger partial charge in [-0.2, -0.15) is 0 Å². The van der Waals surface area contributed by atoms with Crippen molar-refractivity contribution in [2.24, 2.45) is 0 Å². The van der Waals surface area contributed by atoms with Crippen LogP contribution >= 0.6 is 11.3 Å². The van der Waals surface area contributed by atoms with E-state index < -0.39 is 0 Å². The van der Waals surface area contributed by atoms with Gasteiger partial charge in [-0.15, -0.1) is 21.5 Å². The topological polar surface area (TPSA) is 108 Å². The Bertz CT molecular complexity index is 638. The van der Waals surface area contributed by atoms with Gasteiger partial charge in [0.15, 0.2) is 11.0 Å². The number of nitrogens with zero attached hydrogens (tertiary/aromatic N) is 4. The molecular weight excluding hydrogens is 304 g/mol. The van der Waals surface area contributed by atoms with Crippen LogP contribution < -0.4 is 11.1 Å². The van der Waals surface area contributed by atoms with Crippen molar-refractivity contribution in [1.82, 2.24) is 25.1 Å². The number of carbonyl (C=O) groups excluding carboxylic acids is 1. The molecule has 1 amide bonds. The Labute approximate surface area is 132 Å². The van der Waals surface area contributed by atoms with E-state index in [9.17, 15) is 4.79 Å². The normalized spacial score (nSPS) is 12.3. The van der Waals surface area contributed by atoms with Crippen molar-refractivity contribution in [2.45, 2.75) is 32.9 Å². The van der Waals surface area contributed by atoms with Crippen molar-refractivity contribution in [3.63, 3.8) is 0 Å². The summed E-state index contributed by atoms with van der Waals surface area (Å²) >= 11 is 1.34. The molecule has 0 aliphatic rings. The molecule has 3 N–H and O–H groups in total. The van der Waals surface area contributed by atoms with Crippen LogP contribution in [0, 0.1) is 6.92 Å². The van der Waals surface area contributed by atoms with Crippen LogP contribution in [0.3, 0.4) is 0 Å². The van der Waals surface area contributed by atoms with Crippen LogP contribution in [0.1, 0.15) is 29.4 Å². The summed E-state index contributed by atoms with van der Waals surface area (Å²) in [7, 11) is 1.64. The second-order valence-electron chi connectivity index (χ2n) is 4.90.